The zero-order chi connectivity index (χ0) is 13.1. The van der Waals surface area contributed by atoms with E-state index in [0.29, 0.717) is 5.56 Å². The maximum Gasteiger partial charge on any atom is 0.335 e. The maximum absolute atomic E-state index is 10.9. The first-order chi connectivity index (χ1) is 8.58. The van der Waals surface area contributed by atoms with Crippen LogP contribution in [0.4, 0.5) is 0 Å². The van der Waals surface area contributed by atoms with Crippen molar-refractivity contribution in [1.82, 2.24) is 14.8 Å². The predicted molar refractivity (Wildman–Crippen MR) is 68.7 cm³/mol. The number of benzene rings is 1. The second-order valence-electron chi connectivity index (χ2n) is 3.92. The van der Waals surface area contributed by atoms with Gasteiger partial charge in [-0.1, -0.05) is 23.9 Å². The minimum atomic E-state index is -0.910. The molecule has 0 aliphatic heterocycles. The van der Waals surface area contributed by atoms with Crippen molar-refractivity contribution in [1.29, 1.82) is 0 Å². The smallest absolute Gasteiger partial charge is 0.335 e. The number of aryl methyl sites for hydroxylation is 1. The average Bonchev–Trinajstić information content (AvgIpc) is 2.75. The van der Waals surface area contributed by atoms with E-state index in [0.717, 1.165) is 10.7 Å². The van der Waals surface area contributed by atoms with Crippen molar-refractivity contribution in [3.05, 3.63) is 41.7 Å². The SMILES string of the molecule is CC(Sc1nncn1C)c1cccc(C(=O)O)c1. The Kier molecular flexibility index (Phi) is 3.66. The van der Waals surface area contributed by atoms with Crippen LogP contribution in [0.25, 0.3) is 0 Å². The monoisotopic (exact) mass is 263 g/mol. The van der Waals surface area contributed by atoms with Gasteiger partial charge >= 0.3 is 5.97 Å². The molecule has 1 aromatic carbocycles. The van der Waals surface area contributed by atoms with E-state index < -0.39 is 5.97 Å². The molecule has 1 aromatic heterocycles. The van der Waals surface area contributed by atoms with E-state index in [2.05, 4.69) is 10.2 Å². The van der Waals surface area contributed by atoms with Gasteiger partial charge in [-0.15, -0.1) is 10.2 Å². The molecule has 1 unspecified atom stereocenters. The first kappa shape index (κ1) is 12.6. The van der Waals surface area contributed by atoms with E-state index in [1.165, 1.54) is 0 Å². The summed E-state index contributed by atoms with van der Waals surface area (Å²) in [5.74, 6) is -0.910. The van der Waals surface area contributed by atoms with Crippen LogP contribution < -0.4 is 0 Å². The summed E-state index contributed by atoms with van der Waals surface area (Å²) in [6.07, 6.45) is 1.64. The van der Waals surface area contributed by atoms with E-state index in [9.17, 15) is 4.79 Å². The fourth-order valence-electron chi connectivity index (χ4n) is 1.53. The van der Waals surface area contributed by atoms with E-state index in [1.54, 1.807) is 36.3 Å². The molecule has 0 aliphatic rings. The van der Waals surface area contributed by atoms with Gasteiger partial charge in [-0.25, -0.2) is 4.79 Å². The van der Waals surface area contributed by atoms with Gasteiger partial charge in [0.25, 0.3) is 0 Å². The number of thioether (sulfide) groups is 1. The molecule has 0 aliphatic carbocycles. The number of aromatic nitrogens is 3. The molecule has 94 valence electrons. The Morgan fingerprint density at radius 1 is 1.50 bits per heavy atom. The Labute approximate surface area is 109 Å². The highest BCUT2D eigenvalue weighted by molar-refractivity contribution is 7.99. The number of rotatable bonds is 4. The van der Waals surface area contributed by atoms with Crippen LogP contribution in [0, 0.1) is 0 Å². The Balaban J connectivity index is 2.18. The van der Waals surface area contributed by atoms with Gasteiger partial charge in [0.1, 0.15) is 6.33 Å². The number of carboxylic acids is 1. The number of carboxylic acid groups (broad SMARTS) is 1. The summed E-state index contributed by atoms with van der Waals surface area (Å²) in [5, 5.41) is 17.7. The summed E-state index contributed by atoms with van der Waals surface area (Å²) in [6.45, 7) is 2.01. The van der Waals surface area contributed by atoms with Gasteiger partial charge in [0.2, 0.25) is 0 Å². The lowest BCUT2D eigenvalue weighted by molar-refractivity contribution is 0.0697. The van der Waals surface area contributed by atoms with Crippen LogP contribution in [0.2, 0.25) is 0 Å². The highest BCUT2D eigenvalue weighted by atomic mass is 32.2. The van der Waals surface area contributed by atoms with Crippen molar-refractivity contribution in [3.8, 4) is 0 Å². The molecule has 1 N–H and O–H groups in total. The van der Waals surface area contributed by atoms with Crippen molar-refractivity contribution in [3.63, 3.8) is 0 Å². The summed E-state index contributed by atoms with van der Waals surface area (Å²) in [6, 6.07) is 6.95. The molecule has 2 aromatic rings. The van der Waals surface area contributed by atoms with E-state index in [4.69, 9.17) is 5.11 Å². The van der Waals surface area contributed by atoms with Crippen LogP contribution in [0.3, 0.4) is 0 Å². The van der Waals surface area contributed by atoms with Gasteiger partial charge in [0, 0.05) is 12.3 Å². The van der Waals surface area contributed by atoms with E-state index in [-0.39, 0.29) is 5.25 Å². The molecule has 5 nitrogen and oxygen atoms in total. The van der Waals surface area contributed by atoms with Gasteiger partial charge in [-0.05, 0) is 24.6 Å². The molecule has 2 rings (SSSR count). The Morgan fingerprint density at radius 3 is 2.89 bits per heavy atom. The topological polar surface area (TPSA) is 68.0 Å². The van der Waals surface area contributed by atoms with Crippen LogP contribution in [-0.2, 0) is 7.05 Å². The molecule has 1 atom stereocenters. The van der Waals surface area contributed by atoms with E-state index >= 15 is 0 Å². The number of hydrogen-bond acceptors (Lipinski definition) is 4. The summed E-state index contributed by atoms with van der Waals surface area (Å²) in [4.78, 5) is 10.9. The van der Waals surface area contributed by atoms with Gasteiger partial charge < -0.3 is 9.67 Å². The number of carbonyl (C=O) groups is 1. The van der Waals surface area contributed by atoms with E-state index in [1.807, 2.05) is 24.6 Å². The van der Waals surface area contributed by atoms with Crippen molar-refractivity contribution in [2.45, 2.75) is 17.3 Å². The van der Waals surface area contributed by atoms with Crippen molar-refractivity contribution < 1.29 is 9.90 Å². The molecule has 0 bridgehead atoms. The Bertz CT molecular complexity index is 568. The number of aromatic carboxylic acids is 1. The lowest BCUT2D eigenvalue weighted by Crippen LogP contribution is -1.99. The zero-order valence-corrected chi connectivity index (χ0v) is 10.9. The molecule has 0 saturated carbocycles. The van der Waals surface area contributed by atoms with Crippen LogP contribution in [0.1, 0.15) is 28.1 Å². The first-order valence-electron chi connectivity index (χ1n) is 5.42. The Morgan fingerprint density at radius 2 is 2.28 bits per heavy atom. The molecular weight excluding hydrogens is 250 g/mol. The maximum atomic E-state index is 10.9. The third kappa shape index (κ3) is 2.70. The molecule has 0 saturated heterocycles. The third-order valence-corrected chi connectivity index (χ3v) is 3.76. The molecule has 6 heteroatoms. The average molecular weight is 263 g/mol. The van der Waals surface area contributed by atoms with Gasteiger partial charge in [0.15, 0.2) is 5.16 Å². The van der Waals surface area contributed by atoms with Gasteiger partial charge in [0.05, 0.1) is 5.56 Å². The molecule has 0 radical (unpaired) electrons. The Hall–Kier alpha value is -1.82. The van der Waals surface area contributed by atoms with Gasteiger partial charge in [-0.2, -0.15) is 0 Å². The molecule has 0 amide bonds. The standard InChI is InChI=1S/C12H13N3O2S/c1-8(18-12-14-13-7-15(12)2)9-4-3-5-10(6-9)11(16)17/h3-8H,1-2H3,(H,16,17). The fraction of sp³-hybridized carbons (Fsp3) is 0.250. The van der Waals surface area contributed by atoms with Crippen molar-refractivity contribution in [2.75, 3.05) is 0 Å². The lowest BCUT2D eigenvalue weighted by atomic mass is 10.1. The molecule has 1 heterocycles. The summed E-state index contributed by atoms with van der Waals surface area (Å²) in [7, 11) is 1.88. The zero-order valence-electron chi connectivity index (χ0n) is 10.1. The van der Waals surface area contributed by atoms with Crippen molar-refractivity contribution >= 4 is 17.7 Å². The van der Waals surface area contributed by atoms with Gasteiger partial charge in [-0.3, -0.25) is 0 Å². The summed E-state index contributed by atoms with van der Waals surface area (Å²) in [5.41, 5.74) is 1.26. The van der Waals surface area contributed by atoms with Crippen LogP contribution in [-0.4, -0.2) is 25.8 Å². The van der Waals surface area contributed by atoms with Crippen molar-refractivity contribution in [2.24, 2.45) is 7.05 Å². The highest BCUT2D eigenvalue weighted by Crippen LogP contribution is 2.33. The second-order valence-corrected chi connectivity index (χ2v) is 5.22. The lowest BCUT2D eigenvalue weighted by Gasteiger charge is -2.11. The highest BCUT2D eigenvalue weighted by Gasteiger charge is 2.13. The van der Waals surface area contributed by atoms with Crippen LogP contribution >= 0.6 is 11.8 Å². The quantitative estimate of drug-likeness (QED) is 0.858. The van der Waals surface area contributed by atoms with Crippen LogP contribution in [0.15, 0.2) is 35.7 Å². The fourth-order valence-corrected chi connectivity index (χ4v) is 2.44. The number of hydrogen-bond donors (Lipinski definition) is 1. The predicted octanol–water partition coefficient (Wildman–Crippen LogP) is 2.37. The molecule has 0 fully saturated rings. The third-order valence-electron chi connectivity index (χ3n) is 2.56. The summed E-state index contributed by atoms with van der Waals surface area (Å²) >= 11 is 1.55. The molecule has 0 spiro atoms. The number of nitrogens with zero attached hydrogens (tertiary/aromatic N) is 3. The second kappa shape index (κ2) is 5.22. The first-order valence-corrected chi connectivity index (χ1v) is 6.30. The molecule has 18 heavy (non-hydrogen) atoms. The minimum absolute atomic E-state index is 0.118. The largest absolute Gasteiger partial charge is 0.478 e. The minimum Gasteiger partial charge on any atom is -0.478 e. The normalized spacial score (nSPS) is 12.3. The van der Waals surface area contributed by atoms with Crippen LogP contribution in [0.5, 0.6) is 0 Å². The summed E-state index contributed by atoms with van der Waals surface area (Å²) < 4.78 is 1.84. The molecular formula is C12H13N3O2S.